The van der Waals surface area contributed by atoms with Crippen LogP contribution in [0.1, 0.15) is 6.42 Å². The van der Waals surface area contributed by atoms with E-state index in [9.17, 15) is 17.6 Å². The molecule has 2 unspecified atom stereocenters. The van der Waals surface area contributed by atoms with Crippen molar-refractivity contribution < 1.29 is 17.6 Å². The van der Waals surface area contributed by atoms with Gasteiger partial charge in [0.1, 0.15) is 0 Å². The zero-order valence-electron chi connectivity index (χ0n) is 8.10. The summed E-state index contributed by atoms with van der Waals surface area (Å²) < 4.78 is 48.4. The molecule has 1 aliphatic carbocycles. The molecule has 6 heteroatoms. The molecule has 0 aromatic carbocycles. The highest BCUT2D eigenvalue weighted by molar-refractivity contribution is 5.05. The molecule has 88 valence electrons. The highest BCUT2D eigenvalue weighted by Crippen LogP contribution is 2.22. The summed E-state index contributed by atoms with van der Waals surface area (Å²) >= 11 is 0. The van der Waals surface area contributed by atoms with Crippen LogP contribution in [0.25, 0.3) is 0 Å². The Balaban J connectivity index is 2.19. The second-order valence-corrected chi connectivity index (χ2v) is 3.74. The molecular weight excluding hydrogens is 212 g/mol. The maximum atomic E-state index is 12.4. The van der Waals surface area contributed by atoms with Gasteiger partial charge in [-0.3, -0.25) is 0 Å². The van der Waals surface area contributed by atoms with Crippen LogP contribution in [0.3, 0.4) is 0 Å². The summed E-state index contributed by atoms with van der Waals surface area (Å²) in [6.07, 6.45) is 0.662. The van der Waals surface area contributed by atoms with Gasteiger partial charge in [0.15, 0.2) is 0 Å². The van der Waals surface area contributed by atoms with E-state index in [1.165, 1.54) is 0 Å². The summed E-state index contributed by atoms with van der Waals surface area (Å²) in [6, 6.07) is -0.0487. The molecule has 0 aromatic heterocycles. The Hall–Kier alpha value is -0.620. The lowest BCUT2D eigenvalue weighted by atomic mass is 10.1. The zero-order valence-corrected chi connectivity index (χ0v) is 8.10. The first-order chi connectivity index (χ1) is 6.92. The predicted octanol–water partition coefficient (Wildman–Crippen LogP) is 1.38. The molecule has 1 aliphatic rings. The van der Waals surface area contributed by atoms with Gasteiger partial charge in [-0.15, -0.1) is 0 Å². The Morgan fingerprint density at radius 3 is 2.53 bits per heavy atom. The molecule has 3 N–H and O–H groups in total. The van der Waals surface area contributed by atoms with Gasteiger partial charge in [-0.1, -0.05) is 12.2 Å². The first kappa shape index (κ1) is 12.4. The van der Waals surface area contributed by atoms with E-state index in [1.54, 1.807) is 6.08 Å². The molecule has 0 aromatic rings. The van der Waals surface area contributed by atoms with Crippen molar-refractivity contribution in [3.05, 3.63) is 12.2 Å². The molecule has 0 spiro atoms. The Morgan fingerprint density at radius 2 is 2.07 bits per heavy atom. The fourth-order valence-corrected chi connectivity index (χ4v) is 1.46. The van der Waals surface area contributed by atoms with Crippen LogP contribution in [0.5, 0.6) is 0 Å². The summed E-state index contributed by atoms with van der Waals surface area (Å²) in [5, 5.41) is 2.33. The van der Waals surface area contributed by atoms with E-state index in [0.29, 0.717) is 6.42 Å². The Morgan fingerprint density at radius 1 is 1.40 bits per heavy atom. The normalized spacial score (nSPS) is 26.5. The molecule has 2 atom stereocenters. The summed E-state index contributed by atoms with van der Waals surface area (Å²) in [6.45, 7) is -0.739. The summed E-state index contributed by atoms with van der Waals surface area (Å²) in [4.78, 5) is 0. The van der Waals surface area contributed by atoms with Crippen LogP contribution in [-0.4, -0.2) is 31.5 Å². The molecule has 0 amide bonds. The third kappa shape index (κ3) is 3.79. The number of hydrogen-bond acceptors (Lipinski definition) is 2. The van der Waals surface area contributed by atoms with E-state index in [1.807, 2.05) is 6.08 Å². The number of nitrogens with one attached hydrogen (secondary N) is 1. The fraction of sp³-hybridized carbons (Fsp3) is 0.778. The number of halogens is 4. The van der Waals surface area contributed by atoms with Gasteiger partial charge >= 0.3 is 12.3 Å². The second kappa shape index (κ2) is 4.94. The summed E-state index contributed by atoms with van der Waals surface area (Å²) in [7, 11) is 0. The number of rotatable bonds is 5. The van der Waals surface area contributed by atoms with Crippen molar-refractivity contribution in [1.29, 1.82) is 0 Å². The number of alkyl halides is 4. The van der Waals surface area contributed by atoms with Gasteiger partial charge in [0.2, 0.25) is 0 Å². The van der Waals surface area contributed by atoms with Crippen molar-refractivity contribution in [3.63, 3.8) is 0 Å². The van der Waals surface area contributed by atoms with Gasteiger partial charge in [0, 0.05) is 12.6 Å². The van der Waals surface area contributed by atoms with E-state index >= 15 is 0 Å². The van der Waals surface area contributed by atoms with Gasteiger partial charge in [-0.2, -0.15) is 8.78 Å². The highest BCUT2D eigenvalue weighted by Gasteiger charge is 2.40. The quantitative estimate of drug-likeness (QED) is 0.549. The molecule has 1 rings (SSSR count). The smallest absolute Gasteiger partial charge is 0.319 e. The van der Waals surface area contributed by atoms with Gasteiger partial charge < -0.3 is 11.1 Å². The summed E-state index contributed by atoms with van der Waals surface area (Å²) in [5.74, 6) is -3.89. The highest BCUT2D eigenvalue weighted by atomic mass is 19.3. The topological polar surface area (TPSA) is 38.0 Å². The molecule has 0 aliphatic heterocycles. The van der Waals surface area contributed by atoms with E-state index in [0.717, 1.165) is 0 Å². The minimum atomic E-state index is -3.95. The van der Waals surface area contributed by atoms with Gasteiger partial charge in [0.05, 0.1) is 6.54 Å². The average molecular weight is 226 g/mol. The molecule has 0 saturated heterocycles. The SMILES string of the molecule is NC1C=CC(CNCC(F)(F)C(F)F)C1. The lowest BCUT2D eigenvalue weighted by Gasteiger charge is -2.17. The Labute approximate surface area is 85.5 Å². The number of hydrogen-bond donors (Lipinski definition) is 2. The fourth-order valence-electron chi connectivity index (χ4n) is 1.46. The molecule has 0 saturated carbocycles. The van der Waals surface area contributed by atoms with Crippen LogP contribution in [0, 0.1) is 5.92 Å². The lowest BCUT2D eigenvalue weighted by Crippen LogP contribution is -2.40. The maximum absolute atomic E-state index is 12.4. The Kier molecular flexibility index (Phi) is 4.10. The van der Waals surface area contributed by atoms with E-state index in [2.05, 4.69) is 5.32 Å². The van der Waals surface area contributed by atoms with E-state index in [-0.39, 0.29) is 18.5 Å². The van der Waals surface area contributed by atoms with Crippen molar-refractivity contribution >= 4 is 0 Å². The third-order valence-electron chi connectivity index (χ3n) is 2.29. The van der Waals surface area contributed by atoms with Crippen molar-refractivity contribution in [2.45, 2.75) is 24.8 Å². The Bertz CT molecular complexity index is 230. The van der Waals surface area contributed by atoms with Crippen LogP contribution < -0.4 is 11.1 Å². The molecule has 0 bridgehead atoms. The molecule has 0 radical (unpaired) electrons. The van der Waals surface area contributed by atoms with Crippen molar-refractivity contribution in [1.82, 2.24) is 5.32 Å². The van der Waals surface area contributed by atoms with Gasteiger partial charge in [-0.25, -0.2) is 8.78 Å². The maximum Gasteiger partial charge on any atom is 0.319 e. The van der Waals surface area contributed by atoms with Crippen LogP contribution >= 0.6 is 0 Å². The lowest BCUT2D eigenvalue weighted by molar-refractivity contribution is -0.125. The molecule has 0 fully saturated rings. The van der Waals surface area contributed by atoms with Crippen LogP contribution in [0.15, 0.2) is 12.2 Å². The third-order valence-corrected chi connectivity index (χ3v) is 2.29. The standard InChI is InChI=1S/C9H14F4N2/c10-8(11)9(12,13)5-15-4-6-1-2-7(14)3-6/h1-2,6-8,15H,3-5,14H2. The molecule has 15 heavy (non-hydrogen) atoms. The van der Waals surface area contributed by atoms with Crippen LogP contribution in [-0.2, 0) is 0 Å². The van der Waals surface area contributed by atoms with Crippen molar-refractivity contribution in [3.8, 4) is 0 Å². The minimum absolute atomic E-state index is 0.0487. The monoisotopic (exact) mass is 226 g/mol. The van der Waals surface area contributed by atoms with Crippen LogP contribution in [0.2, 0.25) is 0 Å². The predicted molar refractivity (Wildman–Crippen MR) is 49.0 cm³/mol. The summed E-state index contributed by atoms with van der Waals surface area (Å²) in [5.41, 5.74) is 5.55. The average Bonchev–Trinajstić information content (AvgIpc) is 2.51. The first-order valence-corrected chi connectivity index (χ1v) is 4.72. The number of nitrogens with two attached hydrogens (primary N) is 1. The second-order valence-electron chi connectivity index (χ2n) is 3.74. The minimum Gasteiger partial charge on any atom is -0.324 e. The van der Waals surface area contributed by atoms with Crippen LogP contribution in [0.4, 0.5) is 17.6 Å². The van der Waals surface area contributed by atoms with E-state index in [4.69, 9.17) is 5.73 Å². The van der Waals surface area contributed by atoms with Crippen molar-refractivity contribution in [2.24, 2.45) is 11.7 Å². The van der Waals surface area contributed by atoms with Gasteiger partial charge in [0.25, 0.3) is 0 Å². The van der Waals surface area contributed by atoms with E-state index < -0.39 is 18.9 Å². The molecule has 0 heterocycles. The largest absolute Gasteiger partial charge is 0.324 e. The molecule has 2 nitrogen and oxygen atoms in total. The van der Waals surface area contributed by atoms with Crippen molar-refractivity contribution in [2.75, 3.05) is 13.1 Å². The molecular formula is C9H14F4N2. The zero-order chi connectivity index (χ0) is 11.5. The van der Waals surface area contributed by atoms with Gasteiger partial charge in [-0.05, 0) is 12.3 Å². The first-order valence-electron chi connectivity index (χ1n) is 4.72.